The third kappa shape index (κ3) is 2.41. The molecule has 0 N–H and O–H groups in total. The van der Waals surface area contributed by atoms with E-state index in [0.29, 0.717) is 13.2 Å². The van der Waals surface area contributed by atoms with Gasteiger partial charge in [0.25, 0.3) is 0 Å². The summed E-state index contributed by atoms with van der Waals surface area (Å²) in [7, 11) is 0. The molecule has 25 heavy (non-hydrogen) atoms. The summed E-state index contributed by atoms with van der Waals surface area (Å²) in [6.07, 6.45) is 4.31. The van der Waals surface area contributed by atoms with Crippen LogP contribution in [0.1, 0.15) is 31.9 Å². The van der Waals surface area contributed by atoms with Crippen LogP contribution in [0, 0.1) is 11.8 Å². The van der Waals surface area contributed by atoms with Crippen LogP contribution in [0.4, 0.5) is 0 Å². The van der Waals surface area contributed by atoms with Crippen molar-refractivity contribution in [2.45, 2.75) is 38.0 Å². The summed E-state index contributed by atoms with van der Waals surface area (Å²) in [6, 6.07) is 9.88. The van der Waals surface area contributed by atoms with Crippen LogP contribution in [0.25, 0.3) is 0 Å². The maximum Gasteiger partial charge on any atom is 0.312 e. The molecular formula is C20H23NO4. The highest BCUT2D eigenvalue weighted by molar-refractivity contribution is 5.91. The zero-order valence-corrected chi connectivity index (χ0v) is 14.6. The molecule has 5 atom stereocenters. The van der Waals surface area contributed by atoms with Gasteiger partial charge in [0.2, 0.25) is 5.91 Å². The van der Waals surface area contributed by atoms with Crippen LogP contribution < -0.4 is 0 Å². The van der Waals surface area contributed by atoms with E-state index >= 15 is 0 Å². The van der Waals surface area contributed by atoms with E-state index in [0.717, 1.165) is 12.0 Å². The fraction of sp³-hybridized carbons (Fsp3) is 0.500. The Balaban J connectivity index is 1.60. The average Bonchev–Trinajstić information content (AvgIpc) is 3.28. The smallest absolute Gasteiger partial charge is 0.312 e. The highest BCUT2D eigenvalue weighted by atomic mass is 16.6. The van der Waals surface area contributed by atoms with Crippen molar-refractivity contribution >= 4 is 11.9 Å². The first-order chi connectivity index (χ1) is 12.1. The fourth-order valence-corrected chi connectivity index (χ4v) is 4.34. The number of hydrogen-bond donors (Lipinski definition) is 0. The molecule has 1 spiro atoms. The van der Waals surface area contributed by atoms with Crippen molar-refractivity contribution in [1.29, 1.82) is 0 Å². The van der Waals surface area contributed by atoms with Crippen molar-refractivity contribution in [2.75, 3.05) is 13.2 Å². The van der Waals surface area contributed by atoms with Crippen LogP contribution in [0.2, 0.25) is 0 Å². The predicted octanol–water partition coefficient (Wildman–Crippen LogP) is 2.48. The molecular weight excluding hydrogens is 318 g/mol. The third-order valence-corrected chi connectivity index (χ3v) is 5.60. The molecule has 1 amide bonds. The quantitative estimate of drug-likeness (QED) is 0.610. The lowest BCUT2D eigenvalue weighted by Crippen LogP contribution is -2.40. The third-order valence-electron chi connectivity index (χ3n) is 5.60. The molecule has 5 nitrogen and oxygen atoms in total. The van der Waals surface area contributed by atoms with Crippen molar-refractivity contribution in [1.82, 2.24) is 4.90 Å². The van der Waals surface area contributed by atoms with Gasteiger partial charge in [-0.2, -0.15) is 0 Å². The van der Waals surface area contributed by atoms with Gasteiger partial charge < -0.3 is 14.4 Å². The van der Waals surface area contributed by atoms with Gasteiger partial charge in [-0.15, -0.1) is 0 Å². The molecule has 0 aliphatic carbocycles. The lowest BCUT2D eigenvalue weighted by Gasteiger charge is -2.27. The Labute approximate surface area is 147 Å². The number of fused-ring (bicyclic) bond motifs is 1. The standard InChI is InChI=1S/C20H23NO4/c1-3-11-24-19(23)16-15-9-10-20(25-15)12-21(18(22)17(16)20)13(2)14-7-5-4-6-8-14/h4-10,13,15-17H,3,11-12H2,1-2H3/t13-,15+,16+,17+,20-/m1/s1. The van der Waals surface area contributed by atoms with Crippen LogP contribution in [-0.4, -0.2) is 41.6 Å². The van der Waals surface area contributed by atoms with E-state index in [2.05, 4.69) is 0 Å². The molecule has 0 saturated carbocycles. The van der Waals surface area contributed by atoms with Gasteiger partial charge in [-0.25, -0.2) is 0 Å². The lowest BCUT2D eigenvalue weighted by atomic mass is 9.77. The Hall–Kier alpha value is -2.14. The summed E-state index contributed by atoms with van der Waals surface area (Å²) in [5, 5.41) is 0. The molecule has 3 aliphatic rings. The summed E-state index contributed by atoms with van der Waals surface area (Å²) >= 11 is 0. The van der Waals surface area contributed by atoms with E-state index in [9.17, 15) is 9.59 Å². The Morgan fingerprint density at radius 2 is 2.16 bits per heavy atom. The van der Waals surface area contributed by atoms with Gasteiger partial charge in [0, 0.05) is 0 Å². The Morgan fingerprint density at radius 3 is 2.88 bits per heavy atom. The van der Waals surface area contributed by atoms with Gasteiger partial charge in [-0.3, -0.25) is 9.59 Å². The molecule has 0 radical (unpaired) electrons. The Kier molecular flexibility index (Phi) is 3.91. The van der Waals surface area contributed by atoms with E-state index in [1.54, 1.807) is 0 Å². The van der Waals surface area contributed by atoms with Gasteiger partial charge in [-0.1, -0.05) is 49.4 Å². The minimum Gasteiger partial charge on any atom is -0.465 e. The fourth-order valence-electron chi connectivity index (χ4n) is 4.34. The van der Waals surface area contributed by atoms with E-state index in [4.69, 9.17) is 9.47 Å². The van der Waals surface area contributed by atoms with Gasteiger partial charge >= 0.3 is 5.97 Å². The van der Waals surface area contributed by atoms with Crippen LogP contribution in [0.3, 0.4) is 0 Å². The van der Waals surface area contributed by atoms with E-state index in [-0.39, 0.29) is 24.0 Å². The van der Waals surface area contributed by atoms with Crippen LogP contribution >= 0.6 is 0 Å². The number of carbonyl (C=O) groups is 2. The highest BCUT2D eigenvalue weighted by Crippen LogP contribution is 2.53. The second-order valence-electron chi connectivity index (χ2n) is 7.12. The Bertz CT molecular complexity index is 716. The number of ether oxygens (including phenoxy) is 2. The van der Waals surface area contributed by atoms with Crippen LogP contribution in [-0.2, 0) is 19.1 Å². The number of carbonyl (C=O) groups excluding carboxylic acids is 2. The summed E-state index contributed by atoms with van der Waals surface area (Å²) in [6.45, 7) is 4.84. The van der Waals surface area contributed by atoms with Crippen molar-refractivity contribution in [3.05, 3.63) is 48.0 Å². The summed E-state index contributed by atoms with van der Waals surface area (Å²) in [4.78, 5) is 27.5. The number of rotatable bonds is 5. The summed E-state index contributed by atoms with van der Waals surface area (Å²) in [5.41, 5.74) is 0.400. The first-order valence-electron chi connectivity index (χ1n) is 8.96. The minimum absolute atomic E-state index is 0.0124. The van der Waals surface area contributed by atoms with Crippen LogP contribution in [0.15, 0.2) is 42.5 Å². The molecule has 2 fully saturated rings. The number of amides is 1. The van der Waals surface area contributed by atoms with E-state index in [1.807, 2.05) is 61.2 Å². The highest BCUT2D eigenvalue weighted by Gasteiger charge is 2.67. The normalized spacial score (nSPS) is 33.6. The maximum absolute atomic E-state index is 13.2. The molecule has 2 saturated heterocycles. The maximum atomic E-state index is 13.2. The predicted molar refractivity (Wildman–Crippen MR) is 91.5 cm³/mol. The summed E-state index contributed by atoms with van der Waals surface area (Å²) < 4.78 is 11.4. The minimum atomic E-state index is -0.680. The molecule has 0 unspecified atom stereocenters. The van der Waals surface area contributed by atoms with E-state index in [1.165, 1.54) is 0 Å². The van der Waals surface area contributed by atoms with Crippen molar-refractivity contribution in [3.8, 4) is 0 Å². The zero-order valence-electron chi connectivity index (χ0n) is 14.6. The first-order valence-corrected chi connectivity index (χ1v) is 8.96. The number of esters is 1. The second-order valence-corrected chi connectivity index (χ2v) is 7.12. The number of likely N-dealkylation sites (tertiary alicyclic amines) is 1. The monoisotopic (exact) mass is 341 g/mol. The van der Waals surface area contributed by atoms with Crippen LogP contribution in [0.5, 0.6) is 0 Å². The molecule has 0 aromatic heterocycles. The van der Waals surface area contributed by atoms with Gasteiger partial charge in [0.05, 0.1) is 31.2 Å². The molecule has 2 bridgehead atoms. The number of hydrogen-bond acceptors (Lipinski definition) is 4. The molecule has 1 aromatic carbocycles. The zero-order chi connectivity index (χ0) is 17.6. The number of benzene rings is 1. The molecule has 5 heteroatoms. The molecule has 132 valence electrons. The van der Waals surface area contributed by atoms with E-state index < -0.39 is 17.4 Å². The van der Waals surface area contributed by atoms with Crippen molar-refractivity contribution in [3.63, 3.8) is 0 Å². The average molecular weight is 341 g/mol. The van der Waals surface area contributed by atoms with Crippen molar-refractivity contribution in [2.24, 2.45) is 11.8 Å². The molecule has 1 aromatic rings. The van der Waals surface area contributed by atoms with Gasteiger partial charge in [-0.05, 0) is 18.9 Å². The van der Waals surface area contributed by atoms with Gasteiger partial charge in [0.15, 0.2) is 0 Å². The largest absolute Gasteiger partial charge is 0.465 e. The Morgan fingerprint density at radius 1 is 1.40 bits per heavy atom. The van der Waals surface area contributed by atoms with Gasteiger partial charge in [0.1, 0.15) is 11.5 Å². The molecule has 4 rings (SSSR count). The SMILES string of the molecule is CCCOC(=O)[C@H]1[C@@H]2C=C[C@]3(CN([C@H](C)c4ccccc4)C(=O)[C@H]13)O2. The lowest BCUT2D eigenvalue weighted by molar-refractivity contribution is -0.154. The topological polar surface area (TPSA) is 55.8 Å². The number of nitrogens with zero attached hydrogens (tertiary/aromatic N) is 1. The van der Waals surface area contributed by atoms with Crippen molar-refractivity contribution < 1.29 is 19.1 Å². The molecule has 3 aliphatic heterocycles. The summed E-state index contributed by atoms with van der Waals surface area (Å²) in [5.74, 6) is -1.33. The first kappa shape index (κ1) is 16.3. The molecule has 3 heterocycles. The second kappa shape index (κ2) is 5.99.